The molecule has 1 saturated heterocycles. The van der Waals surface area contributed by atoms with Crippen molar-refractivity contribution in [3.63, 3.8) is 0 Å². The van der Waals surface area contributed by atoms with E-state index >= 15 is 0 Å². The van der Waals surface area contributed by atoms with Crippen LogP contribution in [0.2, 0.25) is 0 Å². The zero-order valence-electron chi connectivity index (χ0n) is 17.1. The molecule has 0 radical (unpaired) electrons. The van der Waals surface area contributed by atoms with Gasteiger partial charge in [-0.3, -0.25) is 9.48 Å². The normalized spacial score (nSPS) is 15.7. The lowest BCUT2D eigenvalue weighted by Crippen LogP contribution is -2.41. The van der Waals surface area contributed by atoms with Gasteiger partial charge in [-0.05, 0) is 18.8 Å². The number of carbonyl (C=O) groups excluding carboxylic acids is 1. The van der Waals surface area contributed by atoms with E-state index in [2.05, 4.69) is 10.4 Å². The Morgan fingerprint density at radius 2 is 1.87 bits per heavy atom. The molecule has 1 amide bonds. The van der Waals surface area contributed by atoms with Crippen LogP contribution in [0.5, 0.6) is 11.5 Å². The van der Waals surface area contributed by atoms with E-state index in [1.165, 1.54) is 24.7 Å². The van der Waals surface area contributed by atoms with Gasteiger partial charge >= 0.3 is 0 Å². The van der Waals surface area contributed by atoms with Crippen molar-refractivity contribution in [1.29, 1.82) is 0 Å². The lowest BCUT2D eigenvalue weighted by atomic mass is 9.98. The summed E-state index contributed by atoms with van der Waals surface area (Å²) in [6.07, 6.45) is 4.23. The van der Waals surface area contributed by atoms with Crippen molar-refractivity contribution in [1.82, 2.24) is 19.4 Å². The number of nitrogens with one attached hydrogen (secondary N) is 1. The molecule has 2 heterocycles. The van der Waals surface area contributed by atoms with Crippen LogP contribution >= 0.6 is 0 Å². The Balaban J connectivity index is 1.62. The van der Waals surface area contributed by atoms with Gasteiger partial charge in [0.25, 0.3) is 5.91 Å². The quantitative estimate of drug-likeness (QED) is 0.698. The largest absolute Gasteiger partial charge is 0.493 e. The highest BCUT2D eigenvalue weighted by Crippen LogP contribution is 2.34. The number of ether oxygens (including phenoxy) is 2. The maximum atomic E-state index is 14.5. The van der Waals surface area contributed by atoms with Gasteiger partial charge in [-0.15, -0.1) is 0 Å². The van der Waals surface area contributed by atoms with Gasteiger partial charge in [0.1, 0.15) is 10.7 Å². The van der Waals surface area contributed by atoms with Gasteiger partial charge in [0.2, 0.25) is 10.0 Å². The number of nitrogens with zero attached hydrogens (tertiary/aromatic N) is 3. The number of carbonyl (C=O) groups is 1. The minimum atomic E-state index is -4.02. The lowest BCUT2D eigenvalue weighted by Gasteiger charge is -2.31. The minimum absolute atomic E-state index is 0.122. The summed E-state index contributed by atoms with van der Waals surface area (Å²) in [6, 6.07) is 2.15. The van der Waals surface area contributed by atoms with E-state index in [0.29, 0.717) is 24.9 Å². The van der Waals surface area contributed by atoms with Crippen LogP contribution in [0.4, 0.5) is 4.39 Å². The van der Waals surface area contributed by atoms with Crippen molar-refractivity contribution >= 4 is 15.9 Å². The van der Waals surface area contributed by atoms with Crippen LogP contribution in [0.15, 0.2) is 29.4 Å². The highest BCUT2D eigenvalue weighted by atomic mass is 32.2. The van der Waals surface area contributed by atoms with E-state index in [4.69, 9.17) is 9.47 Å². The summed E-state index contributed by atoms with van der Waals surface area (Å²) in [5.74, 6) is -0.709. The minimum Gasteiger partial charge on any atom is -0.493 e. The first kappa shape index (κ1) is 22.0. The molecule has 9 nitrogen and oxygen atoms in total. The Kier molecular flexibility index (Phi) is 6.61. The standard InChI is InChI=1S/C19H25FN4O5S/c1-23-12-14(11-22-23)19(25)21-10-13-4-6-24(7-5-13)30(26,27)18-9-17(29-3)16(28-2)8-15(18)20/h8-9,11-13H,4-7,10H2,1-3H3,(H,21,25). The molecular formula is C19H25FN4O5S. The molecule has 11 heteroatoms. The maximum Gasteiger partial charge on any atom is 0.254 e. The van der Waals surface area contributed by atoms with E-state index in [1.807, 2.05) is 0 Å². The molecule has 1 aliphatic heterocycles. The Morgan fingerprint density at radius 3 is 2.43 bits per heavy atom. The summed E-state index contributed by atoms with van der Waals surface area (Å²) in [7, 11) is 0.419. The van der Waals surface area contributed by atoms with Crippen molar-refractivity contribution in [3.8, 4) is 11.5 Å². The molecule has 3 rings (SSSR count). The lowest BCUT2D eigenvalue weighted by molar-refractivity contribution is 0.0941. The molecule has 0 unspecified atom stereocenters. The molecule has 1 aromatic heterocycles. The van der Waals surface area contributed by atoms with E-state index in [1.54, 1.807) is 17.9 Å². The third-order valence-electron chi connectivity index (χ3n) is 5.15. The molecule has 0 aliphatic carbocycles. The van der Waals surface area contributed by atoms with E-state index in [9.17, 15) is 17.6 Å². The Labute approximate surface area is 174 Å². The number of halogens is 1. The van der Waals surface area contributed by atoms with Crippen LogP contribution in [0.1, 0.15) is 23.2 Å². The Morgan fingerprint density at radius 1 is 1.23 bits per heavy atom. The molecule has 1 aliphatic rings. The number of piperidine rings is 1. The van der Waals surface area contributed by atoms with Gasteiger partial charge in [-0.2, -0.15) is 9.40 Å². The predicted molar refractivity (Wildman–Crippen MR) is 107 cm³/mol. The second kappa shape index (κ2) is 9.00. The fourth-order valence-electron chi connectivity index (χ4n) is 3.40. The van der Waals surface area contributed by atoms with Gasteiger partial charge < -0.3 is 14.8 Å². The van der Waals surface area contributed by atoms with Crippen molar-refractivity contribution in [2.24, 2.45) is 13.0 Å². The number of hydrogen-bond donors (Lipinski definition) is 1. The van der Waals surface area contributed by atoms with Gasteiger partial charge in [-0.25, -0.2) is 12.8 Å². The van der Waals surface area contributed by atoms with Gasteiger partial charge in [0.15, 0.2) is 11.5 Å². The number of benzene rings is 1. The topological polar surface area (TPSA) is 103 Å². The van der Waals surface area contributed by atoms with E-state index in [0.717, 1.165) is 12.1 Å². The summed E-state index contributed by atoms with van der Waals surface area (Å²) in [5, 5.41) is 6.82. The van der Waals surface area contributed by atoms with Crippen molar-refractivity contribution in [2.75, 3.05) is 33.9 Å². The highest BCUT2D eigenvalue weighted by Gasteiger charge is 2.32. The van der Waals surface area contributed by atoms with Crippen molar-refractivity contribution in [2.45, 2.75) is 17.7 Å². The fraction of sp³-hybridized carbons (Fsp3) is 0.474. The molecule has 1 aromatic carbocycles. The molecular weight excluding hydrogens is 415 g/mol. The van der Waals surface area contributed by atoms with Crippen LogP contribution < -0.4 is 14.8 Å². The number of aromatic nitrogens is 2. The van der Waals surface area contributed by atoms with Gasteiger partial charge in [0.05, 0.1) is 26.0 Å². The van der Waals surface area contributed by atoms with Crippen molar-refractivity contribution < 1.29 is 27.1 Å². The molecule has 0 saturated carbocycles. The van der Waals surface area contributed by atoms with E-state index in [-0.39, 0.29) is 36.4 Å². The first-order valence-electron chi connectivity index (χ1n) is 9.44. The Bertz CT molecular complexity index is 1020. The zero-order valence-corrected chi connectivity index (χ0v) is 17.9. The van der Waals surface area contributed by atoms with Crippen molar-refractivity contribution in [3.05, 3.63) is 35.9 Å². The summed E-state index contributed by atoms with van der Waals surface area (Å²) in [6.45, 7) is 0.916. The van der Waals surface area contributed by atoms with Crippen LogP contribution in [0.25, 0.3) is 0 Å². The van der Waals surface area contributed by atoms with Crippen LogP contribution in [0.3, 0.4) is 0 Å². The smallest absolute Gasteiger partial charge is 0.254 e. The monoisotopic (exact) mass is 440 g/mol. The Hall–Kier alpha value is -2.66. The first-order chi connectivity index (χ1) is 14.3. The molecule has 30 heavy (non-hydrogen) atoms. The SMILES string of the molecule is COc1cc(F)c(S(=O)(=O)N2CCC(CNC(=O)c3cnn(C)c3)CC2)cc1OC. The molecule has 1 fully saturated rings. The average molecular weight is 440 g/mol. The number of sulfonamides is 1. The molecule has 0 atom stereocenters. The molecule has 1 N–H and O–H groups in total. The molecule has 0 bridgehead atoms. The third-order valence-corrected chi connectivity index (χ3v) is 7.06. The predicted octanol–water partition coefficient (Wildman–Crippen LogP) is 1.41. The maximum absolute atomic E-state index is 14.5. The zero-order chi connectivity index (χ0) is 21.9. The summed E-state index contributed by atoms with van der Waals surface area (Å²) < 4.78 is 53.3. The van der Waals surface area contributed by atoms with E-state index < -0.39 is 20.7 Å². The first-order valence-corrected chi connectivity index (χ1v) is 10.9. The van der Waals surface area contributed by atoms with Crippen LogP contribution in [0, 0.1) is 11.7 Å². The number of rotatable bonds is 7. The molecule has 2 aromatic rings. The third kappa shape index (κ3) is 4.57. The number of aryl methyl sites for hydroxylation is 1. The highest BCUT2D eigenvalue weighted by molar-refractivity contribution is 7.89. The molecule has 0 spiro atoms. The van der Waals surface area contributed by atoms with Gasteiger partial charge in [0, 0.05) is 45.0 Å². The second-order valence-corrected chi connectivity index (χ2v) is 9.00. The van der Waals surface area contributed by atoms with Crippen LogP contribution in [-0.4, -0.2) is 62.3 Å². The number of hydrogen-bond acceptors (Lipinski definition) is 6. The summed E-state index contributed by atoms with van der Waals surface area (Å²) in [5.41, 5.74) is 0.474. The summed E-state index contributed by atoms with van der Waals surface area (Å²) >= 11 is 0. The van der Waals surface area contributed by atoms with Gasteiger partial charge in [-0.1, -0.05) is 0 Å². The van der Waals surface area contributed by atoms with Crippen LogP contribution in [-0.2, 0) is 17.1 Å². The second-order valence-electron chi connectivity index (χ2n) is 7.10. The molecule has 164 valence electrons. The average Bonchev–Trinajstić information content (AvgIpc) is 3.18. The fourth-order valence-corrected chi connectivity index (χ4v) is 4.93. The number of methoxy groups -OCH3 is 2. The summed E-state index contributed by atoms with van der Waals surface area (Å²) in [4.78, 5) is 11.7. The number of amides is 1.